The van der Waals surface area contributed by atoms with Gasteiger partial charge >= 0.3 is 0 Å². The van der Waals surface area contributed by atoms with Crippen molar-refractivity contribution in [1.29, 1.82) is 0 Å². The van der Waals surface area contributed by atoms with Crippen LogP contribution in [0.4, 0.5) is 0 Å². The minimum Gasteiger partial charge on any atom is -0.388 e. The van der Waals surface area contributed by atoms with Crippen molar-refractivity contribution in [1.82, 2.24) is 0 Å². The van der Waals surface area contributed by atoms with E-state index in [9.17, 15) is 5.11 Å². The van der Waals surface area contributed by atoms with E-state index in [4.69, 9.17) is 23.7 Å². The zero-order chi connectivity index (χ0) is 32.1. The second-order valence-electron chi connectivity index (χ2n) is 17.9. The minimum atomic E-state index is -0.524. The van der Waals surface area contributed by atoms with Crippen LogP contribution in [-0.4, -0.2) is 74.8 Å². The van der Waals surface area contributed by atoms with Crippen LogP contribution in [0.15, 0.2) is 0 Å². The average Bonchev–Trinajstić information content (AvgIpc) is 4.01. The number of epoxide rings is 1. The lowest BCUT2D eigenvalue weighted by atomic mass is 9.60. The molecule has 1 heterocycles. The summed E-state index contributed by atoms with van der Waals surface area (Å²) in [6.45, 7) is 13.6. The fraction of sp³-hybridized carbons (Fsp3) is 1.00. The van der Waals surface area contributed by atoms with E-state index in [1.54, 1.807) is 0 Å². The Morgan fingerprint density at radius 2 is 0.826 bits per heavy atom. The van der Waals surface area contributed by atoms with Crippen molar-refractivity contribution in [2.24, 2.45) is 40.4 Å². The summed E-state index contributed by atoms with van der Waals surface area (Å²) in [4.78, 5) is 0. The first kappa shape index (κ1) is 35.6. The lowest BCUT2D eigenvalue weighted by molar-refractivity contribution is -0.0879. The van der Waals surface area contributed by atoms with Gasteiger partial charge in [-0.2, -0.15) is 0 Å². The Morgan fingerprint density at radius 3 is 1.15 bits per heavy atom. The summed E-state index contributed by atoms with van der Waals surface area (Å²) in [5.74, 6) is 4.04. The fourth-order valence-electron chi connectivity index (χ4n) is 10.1. The van der Waals surface area contributed by atoms with Gasteiger partial charge in [0, 0.05) is 6.61 Å². The highest BCUT2D eigenvalue weighted by atomic mass is 16.6. The molecule has 0 aromatic carbocycles. The van der Waals surface area contributed by atoms with Gasteiger partial charge in [-0.15, -0.1) is 0 Å². The monoisotopic (exact) mass is 647 g/mol. The topological polar surface area (TPSA) is 69.7 Å². The molecule has 6 fully saturated rings. The molecule has 0 spiro atoms. The third kappa shape index (κ3) is 9.93. The Kier molecular flexibility index (Phi) is 12.5. The van der Waals surface area contributed by atoms with Crippen molar-refractivity contribution < 1.29 is 28.8 Å². The molecular weight excluding hydrogens is 576 g/mol. The molecule has 6 heteroatoms. The van der Waals surface area contributed by atoms with E-state index in [1.807, 2.05) is 0 Å². The van der Waals surface area contributed by atoms with E-state index in [-0.39, 0.29) is 6.10 Å². The molecular formula is C40H70O6. The molecule has 5 saturated carbocycles. The van der Waals surface area contributed by atoms with Gasteiger partial charge in [-0.05, 0) is 156 Å². The van der Waals surface area contributed by atoms with E-state index in [2.05, 4.69) is 27.7 Å². The Labute approximate surface area is 281 Å². The van der Waals surface area contributed by atoms with Crippen LogP contribution < -0.4 is 0 Å². The number of ether oxygens (including phenoxy) is 5. The van der Waals surface area contributed by atoms with Crippen molar-refractivity contribution in [3.05, 3.63) is 0 Å². The molecule has 5 aliphatic carbocycles. The van der Waals surface area contributed by atoms with Crippen molar-refractivity contribution in [3.63, 3.8) is 0 Å². The molecule has 266 valence electrons. The second kappa shape index (κ2) is 16.2. The van der Waals surface area contributed by atoms with Crippen LogP contribution in [0.5, 0.6) is 0 Å². The van der Waals surface area contributed by atoms with Gasteiger partial charge in [-0.3, -0.25) is 0 Å². The lowest BCUT2D eigenvalue weighted by Gasteiger charge is -2.46. The SMILES string of the molecule is CC(C)(C1CCC(OCC(O)COC2CCC(C(C)(C)C3CCC(OCC4CO4)CC3)CC2)CC1)C1CCC(OCC2CC2)CC1. The summed E-state index contributed by atoms with van der Waals surface area (Å²) in [5.41, 5.74) is 0.772. The summed E-state index contributed by atoms with van der Waals surface area (Å²) >= 11 is 0. The molecule has 0 radical (unpaired) electrons. The summed E-state index contributed by atoms with van der Waals surface area (Å²) in [5, 5.41) is 10.7. The van der Waals surface area contributed by atoms with Gasteiger partial charge in [-0.25, -0.2) is 0 Å². The lowest BCUT2D eigenvalue weighted by Crippen LogP contribution is -2.40. The third-order valence-electron chi connectivity index (χ3n) is 14.1. The Balaban J connectivity index is 0.813. The zero-order valence-electron chi connectivity index (χ0n) is 30.1. The van der Waals surface area contributed by atoms with Crippen molar-refractivity contribution in [2.45, 2.75) is 180 Å². The van der Waals surface area contributed by atoms with Gasteiger partial charge in [0.25, 0.3) is 0 Å². The van der Waals surface area contributed by atoms with Crippen molar-refractivity contribution >= 4 is 0 Å². The summed E-state index contributed by atoms with van der Waals surface area (Å²) in [7, 11) is 0. The summed E-state index contributed by atoms with van der Waals surface area (Å²) in [6.07, 6.45) is 23.8. The Morgan fingerprint density at radius 1 is 0.500 bits per heavy atom. The zero-order valence-corrected chi connectivity index (χ0v) is 30.1. The van der Waals surface area contributed by atoms with Gasteiger partial charge < -0.3 is 28.8 Å². The second-order valence-corrected chi connectivity index (χ2v) is 17.9. The maximum atomic E-state index is 10.7. The van der Waals surface area contributed by atoms with Crippen LogP contribution in [0.3, 0.4) is 0 Å². The highest BCUT2D eigenvalue weighted by Gasteiger charge is 2.42. The van der Waals surface area contributed by atoms with Crippen LogP contribution in [0.1, 0.15) is 143 Å². The number of hydrogen-bond acceptors (Lipinski definition) is 6. The van der Waals surface area contributed by atoms with E-state index < -0.39 is 6.10 Å². The summed E-state index contributed by atoms with van der Waals surface area (Å²) < 4.78 is 30.2. The molecule has 0 bridgehead atoms. The molecule has 0 amide bonds. The highest BCUT2D eigenvalue weighted by molar-refractivity contribution is 4.93. The number of rotatable bonds is 16. The van der Waals surface area contributed by atoms with E-state index in [1.165, 1.54) is 89.9 Å². The van der Waals surface area contributed by atoms with Crippen LogP contribution in [0.25, 0.3) is 0 Å². The Hall–Kier alpha value is -0.240. The average molecular weight is 647 g/mol. The minimum absolute atomic E-state index is 0.285. The van der Waals surface area contributed by atoms with Crippen molar-refractivity contribution in [2.75, 3.05) is 33.0 Å². The predicted molar refractivity (Wildman–Crippen MR) is 183 cm³/mol. The molecule has 1 saturated heterocycles. The van der Waals surface area contributed by atoms with Gasteiger partial charge in [0.2, 0.25) is 0 Å². The molecule has 1 aliphatic heterocycles. The Bertz CT molecular complexity index is 809. The van der Waals surface area contributed by atoms with Crippen LogP contribution in [-0.2, 0) is 23.7 Å². The standard InChI is InChI=1S/C40H70O6/c1-39(2,29-7-15-34(16-8-29)42-23-28-5-6-28)30-9-17-35(18-10-30)43-24-33(41)25-44-36-19-11-31(12-20-36)40(3,4)32-13-21-37(22-14-32)45-26-38-27-46-38/h28-38,41H,5-27H2,1-4H3. The maximum absolute atomic E-state index is 10.7. The van der Waals surface area contributed by atoms with E-state index >= 15 is 0 Å². The van der Waals surface area contributed by atoms with Gasteiger partial charge in [-0.1, -0.05) is 27.7 Å². The van der Waals surface area contributed by atoms with Gasteiger partial charge in [0.1, 0.15) is 12.2 Å². The maximum Gasteiger partial charge on any atom is 0.104 e. The predicted octanol–water partition coefficient (Wildman–Crippen LogP) is 8.51. The van der Waals surface area contributed by atoms with E-state index in [0.29, 0.717) is 48.5 Å². The first-order valence-corrected chi connectivity index (χ1v) is 19.9. The molecule has 1 N–H and O–H groups in total. The first-order valence-electron chi connectivity index (χ1n) is 19.9. The number of hydrogen-bond donors (Lipinski definition) is 1. The molecule has 0 aromatic rings. The molecule has 6 rings (SSSR count). The molecule has 6 aliphatic rings. The molecule has 2 unspecified atom stereocenters. The number of aliphatic hydroxyl groups is 1. The molecule has 0 aromatic heterocycles. The molecule has 46 heavy (non-hydrogen) atoms. The van der Waals surface area contributed by atoms with E-state index in [0.717, 1.165) is 75.1 Å². The third-order valence-corrected chi connectivity index (χ3v) is 14.1. The molecule has 2 atom stereocenters. The first-order chi connectivity index (χ1) is 22.2. The van der Waals surface area contributed by atoms with Gasteiger partial charge in [0.05, 0.1) is 50.8 Å². The van der Waals surface area contributed by atoms with Crippen LogP contribution in [0.2, 0.25) is 0 Å². The normalized spacial score (nSPS) is 38.4. The van der Waals surface area contributed by atoms with Gasteiger partial charge in [0.15, 0.2) is 0 Å². The summed E-state index contributed by atoms with van der Waals surface area (Å²) in [6, 6.07) is 0. The van der Waals surface area contributed by atoms with Crippen LogP contribution in [0, 0.1) is 40.4 Å². The highest BCUT2D eigenvalue weighted by Crippen LogP contribution is 2.50. The fourth-order valence-corrected chi connectivity index (χ4v) is 10.1. The van der Waals surface area contributed by atoms with Crippen LogP contribution >= 0.6 is 0 Å². The largest absolute Gasteiger partial charge is 0.388 e. The molecule has 6 nitrogen and oxygen atoms in total. The van der Waals surface area contributed by atoms with Crippen molar-refractivity contribution in [3.8, 4) is 0 Å². The number of aliphatic hydroxyl groups excluding tert-OH is 1. The smallest absolute Gasteiger partial charge is 0.104 e. The quantitative estimate of drug-likeness (QED) is 0.170.